The molecular weight excluding hydrogens is 190 g/mol. The molecule has 4 nitrogen and oxygen atoms in total. The van der Waals surface area contributed by atoms with Crippen molar-refractivity contribution in [2.24, 2.45) is 0 Å². The molecule has 0 aliphatic rings. The van der Waals surface area contributed by atoms with Crippen LogP contribution in [0, 0.1) is 6.92 Å². The summed E-state index contributed by atoms with van der Waals surface area (Å²) in [4.78, 5) is 14.5. The van der Waals surface area contributed by atoms with E-state index in [0.717, 1.165) is 12.0 Å². The van der Waals surface area contributed by atoms with Gasteiger partial charge in [-0.3, -0.25) is 4.79 Å². The fourth-order valence-electron chi connectivity index (χ4n) is 1.29. The molecule has 0 atom stereocenters. The number of hydrogen-bond acceptors (Lipinski definition) is 3. The van der Waals surface area contributed by atoms with Gasteiger partial charge in [0.1, 0.15) is 11.8 Å². The molecule has 0 aliphatic carbocycles. The van der Waals surface area contributed by atoms with Gasteiger partial charge in [-0.2, -0.15) is 5.10 Å². The number of fused-ring (bicyclic) bond motifs is 1. The second-order valence-corrected chi connectivity index (χ2v) is 3.03. The second kappa shape index (κ2) is 2.81. The van der Waals surface area contributed by atoms with Crippen molar-refractivity contribution < 1.29 is 4.79 Å². The number of aldehydes is 1. The number of nitrogens with zero attached hydrogens (tertiary/aromatic N) is 3. The van der Waals surface area contributed by atoms with E-state index in [-0.39, 0.29) is 0 Å². The predicted molar refractivity (Wildman–Crippen MR) is 48.1 cm³/mol. The van der Waals surface area contributed by atoms with Gasteiger partial charge >= 0.3 is 0 Å². The minimum Gasteiger partial charge on any atom is -0.298 e. The Balaban J connectivity index is 2.96. The number of aromatic nitrogens is 3. The fourth-order valence-corrected chi connectivity index (χ4v) is 1.52. The van der Waals surface area contributed by atoms with Crippen molar-refractivity contribution in [1.82, 2.24) is 14.6 Å². The minimum atomic E-state index is 0.296. The maximum Gasteiger partial charge on any atom is 0.157 e. The minimum absolute atomic E-state index is 0.296. The van der Waals surface area contributed by atoms with E-state index >= 15 is 0 Å². The molecule has 0 spiro atoms. The Kier molecular flexibility index (Phi) is 1.77. The van der Waals surface area contributed by atoms with Gasteiger partial charge in [0.25, 0.3) is 0 Å². The van der Waals surface area contributed by atoms with Crippen molar-refractivity contribution in [2.75, 3.05) is 0 Å². The molecule has 0 aliphatic heterocycles. The van der Waals surface area contributed by atoms with Crippen LogP contribution in [0.4, 0.5) is 0 Å². The summed E-state index contributed by atoms with van der Waals surface area (Å²) in [6.07, 6.45) is 2.11. The van der Waals surface area contributed by atoms with Crippen LogP contribution in [0.15, 0.2) is 12.4 Å². The van der Waals surface area contributed by atoms with Gasteiger partial charge in [-0.25, -0.2) is 9.50 Å². The topological polar surface area (TPSA) is 47.3 Å². The van der Waals surface area contributed by atoms with Crippen LogP contribution >= 0.6 is 11.6 Å². The number of carbonyl (C=O) groups is 1. The average molecular weight is 196 g/mol. The summed E-state index contributed by atoms with van der Waals surface area (Å²) >= 11 is 5.82. The van der Waals surface area contributed by atoms with Crippen LogP contribution in [0.2, 0.25) is 5.15 Å². The van der Waals surface area contributed by atoms with Crippen molar-refractivity contribution >= 4 is 23.4 Å². The van der Waals surface area contributed by atoms with Crippen molar-refractivity contribution in [2.45, 2.75) is 6.92 Å². The van der Waals surface area contributed by atoms with E-state index in [4.69, 9.17) is 11.6 Å². The Labute approximate surface area is 79.2 Å². The maximum absolute atomic E-state index is 10.7. The molecule has 0 radical (unpaired) electrons. The Bertz CT molecular complexity index is 477. The van der Waals surface area contributed by atoms with Gasteiger partial charge in [-0.05, 0) is 13.0 Å². The molecular formula is C8H6ClN3O. The van der Waals surface area contributed by atoms with E-state index in [2.05, 4.69) is 10.1 Å². The first-order valence-electron chi connectivity index (χ1n) is 3.68. The molecule has 0 unspecified atom stereocenters. The zero-order valence-electron chi connectivity index (χ0n) is 6.86. The second-order valence-electron chi connectivity index (χ2n) is 2.67. The Morgan fingerprint density at radius 2 is 2.38 bits per heavy atom. The maximum atomic E-state index is 10.7. The van der Waals surface area contributed by atoms with Gasteiger partial charge in [0.05, 0.1) is 0 Å². The molecule has 0 fully saturated rings. The van der Waals surface area contributed by atoms with E-state index in [0.29, 0.717) is 16.2 Å². The number of hydrogen-bond donors (Lipinski definition) is 0. The van der Waals surface area contributed by atoms with Crippen LogP contribution < -0.4 is 0 Å². The lowest BCUT2D eigenvalue weighted by atomic mass is 10.3. The largest absolute Gasteiger partial charge is 0.298 e. The summed E-state index contributed by atoms with van der Waals surface area (Å²) < 4.78 is 1.60. The SMILES string of the molecule is Cc1cc(C=O)c2c(Cl)ncnn12. The molecule has 5 heteroatoms. The molecule has 0 N–H and O–H groups in total. The van der Waals surface area contributed by atoms with Gasteiger partial charge in [0, 0.05) is 11.3 Å². The third-order valence-corrected chi connectivity index (χ3v) is 2.12. The molecule has 0 saturated heterocycles. The summed E-state index contributed by atoms with van der Waals surface area (Å²) in [5.74, 6) is 0. The normalized spacial score (nSPS) is 10.6. The zero-order valence-corrected chi connectivity index (χ0v) is 7.62. The molecule has 2 aromatic rings. The van der Waals surface area contributed by atoms with Crippen LogP contribution in [-0.4, -0.2) is 20.9 Å². The molecule has 0 amide bonds. The predicted octanol–water partition coefficient (Wildman–Crippen LogP) is 1.50. The van der Waals surface area contributed by atoms with E-state index in [1.165, 1.54) is 6.33 Å². The van der Waals surface area contributed by atoms with E-state index in [9.17, 15) is 4.79 Å². The molecule has 66 valence electrons. The first-order valence-corrected chi connectivity index (χ1v) is 4.06. The molecule has 0 bridgehead atoms. The highest BCUT2D eigenvalue weighted by Crippen LogP contribution is 2.19. The summed E-state index contributed by atoms with van der Waals surface area (Å²) in [6.45, 7) is 1.85. The summed E-state index contributed by atoms with van der Waals surface area (Å²) in [6, 6.07) is 1.73. The molecule has 13 heavy (non-hydrogen) atoms. The first-order chi connectivity index (χ1) is 6.24. The zero-order chi connectivity index (χ0) is 9.42. The van der Waals surface area contributed by atoms with Gasteiger partial charge in [0.2, 0.25) is 0 Å². The van der Waals surface area contributed by atoms with Crippen LogP contribution in [0.3, 0.4) is 0 Å². The highest BCUT2D eigenvalue weighted by molar-refractivity contribution is 6.33. The quantitative estimate of drug-likeness (QED) is 0.648. The van der Waals surface area contributed by atoms with Crippen LogP contribution in [-0.2, 0) is 0 Å². The van der Waals surface area contributed by atoms with E-state index < -0.39 is 0 Å². The monoisotopic (exact) mass is 195 g/mol. The van der Waals surface area contributed by atoms with Gasteiger partial charge < -0.3 is 0 Å². The molecule has 2 aromatic heterocycles. The third-order valence-electron chi connectivity index (χ3n) is 1.84. The van der Waals surface area contributed by atoms with E-state index in [1.54, 1.807) is 10.6 Å². The smallest absolute Gasteiger partial charge is 0.157 e. The lowest BCUT2D eigenvalue weighted by molar-refractivity contribution is 0.112. The van der Waals surface area contributed by atoms with Gasteiger partial charge in [-0.15, -0.1) is 0 Å². The number of halogens is 1. The Hall–Kier alpha value is -1.42. The standard InChI is InChI=1S/C8H6ClN3O/c1-5-2-6(3-13)7-8(9)10-4-11-12(5)7/h2-4H,1H3. The van der Waals surface area contributed by atoms with Gasteiger partial charge in [0.15, 0.2) is 11.4 Å². The van der Waals surface area contributed by atoms with Crippen molar-refractivity contribution in [3.63, 3.8) is 0 Å². The first kappa shape index (κ1) is 8.19. The number of carbonyl (C=O) groups excluding carboxylic acids is 1. The molecule has 2 rings (SSSR count). The summed E-state index contributed by atoms with van der Waals surface area (Å²) in [7, 11) is 0. The average Bonchev–Trinajstić information content (AvgIpc) is 2.45. The lowest BCUT2D eigenvalue weighted by Crippen LogP contribution is -1.95. The molecule has 0 saturated carbocycles. The molecule has 2 heterocycles. The highest BCUT2D eigenvalue weighted by Gasteiger charge is 2.09. The fraction of sp³-hybridized carbons (Fsp3) is 0.125. The van der Waals surface area contributed by atoms with Gasteiger partial charge in [-0.1, -0.05) is 11.6 Å². The summed E-state index contributed by atoms with van der Waals surface area (Å²) in [5, 5.41) is 4.27. The number of rotatable bonds is 1. The van der Waals surface area contributed by atoms with E-state index in [1.807, 2.05) is 6.92 Å². The third kappa shape index (κ3) is 1.10. The highest BCUT2D eigenvalue weighted by atomic mass is 35.5. The Morgan fingerprint density at radius 1 is 1.62 bits per heavy atom. The van der Waals surface area contributed by atoms with Crippen molar-refractivity contribution in [3.8, 4) is 0 Å². The lowest BCUT2D eigenvalue weighted by Gasteiger charge is -1.96. The molecule has 0 aromatic carbocycles. The van der Waals surface area contributed by atoms with Crippen LogP contribution in [0.5, 0.6) is 0 Å². The summed E-state index contributed by atoms with van der Waals surface area (Å²) in [5.41, 5.74) is 1.95. The number of aryl methyl sites for hydroxylation is 1. The van der Waals surface area contributed by atoms with Crippen LogP contribution in [0.1, 0.15) is 16.1 Å². The Morgan fingerprint density at radius 3 is 3.08 bits per heavy atom. The van der Waals surface area contributed by atoms with Crippen LogP contribution in [0.25, 0.3) is 5.52 Å². The van der Waals surface area contributed by atoms with Crippen molar-refractivity contribution in [1.29, 1.82) is 0 Å². The van der Waals surface area contributed by atoms with Crippen molar-refractivity contribution in [3.05, 3.63) is 28.8 Å².